The third-order valence-corrected chi connectivity index (χ3v) is 25.2. The van der Waals surface area contributed by atoms with Crippen molar-refractivity contribution in [1.82, 2.24) is 0 Å². The number of unbranched alkanes of at least 4 members (excludes halogenated alkanes) is 48. The SMILES string of the molecule is CC/C=C\C/C=C\C/C=C\C/C=C\C/C=C\C/C=C\CCCCCCCCCCCCCCCCCCC(=O)OCC(O)COP(=O)(O)OCC(O)COP(=O)(O)OCC(COC(=O)CCCCCCCCCCCCCCCCCCC/C=C\C/C=C\C/C=C\C/C=C\C/C=C\CC)OC(=O)CCCCCCCCCCCCCCCCC/C=C\C/C=C\C/C=C\C/C=C\C/C=C\CC. The molecule has 0 spiro atoms. The molecule has 0 aliphatic heterocycles. The molecule has 5 unspecified atom stereocenters. The maximum absolute atomic E-state index is 13.2. The van der Waals surface area contributed by atoms with Crippen LogP contribution in [0.2, 0.25) is 0 Å². The van der Waals surface area contributed by atoms with E-state index in [9.17, 15) is 43.5 Å². The number of phosphoric acid groups is 2. The lowest BCUT2D eigenvalue weighted by Gasteiger charge is -2.21. The summed E-state index contributed by atoms with van der Waals surface area (Å²) < 4.78 is 61.8. The average Bonchev–Trinajstić information content (AvgIpc) is 0.900. The Morgan fingerprint density at radius 1 is 0.207 bits per heavy atom. The first-order valence-electron chi connectivity index (χ1n) is 54.7. The van der Waals surface area contributed by atoms with Crippen molar-refractivity contribution in [2.75, 3.05) is 39.6 Å². The Balaban J connectivity index is 4.60. The monoisotopic (exact) mass is 1920 g/mol. The molecule has 0 saturated carbocycles. The first kappa shape index (κ1) is 129. The second-order valence-electron chi connectivity index (χ2n) is 36.3. The van der Waals surface area contributed by atoms with Crippen LogP contribution in [-0.4, -0.2) is 95.9 Å². The van der Waals surface area contributed by atoms with Gasteiger partial charge in [0.05, 0.1) is 26.4 Å². The number of hydrogen-bond donors (Lipinski definition) is 4. The Bertz CT molecular complexity index is 3240. The van der Waals surface area contributed by atoms with E-state index >= 15 is 0 Å². The highest BCUT2D eigenvalue weighted by Crippen LogP contribution is 2.45. The van der Waals surface area contributed by atoms with Gasteiger partial charge in [-0.1, -0.05) is 485 Å². The van der Waals surface area contributed by atoms with Crippen LogP contribution in [0.1, 0.15) is 470 Å². The predicted molar refractivity (Wildman–Crippen MR) is 574 cm³/mol. The molecular weight excluding hydrogens is 1720 g/mol. The minimum Gasteiger partial charge on any atom is -0.463 e. The number of aliphatic hydroxyl groups is 2. The van der Waals surface area contributed by atoms with Crippen molar-refractivity contribution in [2.24, 2.45) is 0 Å². The number of hydrogen-bond acceptors (Lipinski definition) is 14. The van der Waals surface area contributed by atoms with Gasteiger partial charge < -0.3 is 34.2 Å². The summed E-state index contributed by atoms with van der Waals surface area (Å²) in [6.45, 7) is 2.43. The standard InChI is InChI=1S/C117H200O16P2/c1-4-7-10-13-16-19-22-25-28-31-34-37-40-43-46-49-52-54-55-57-60-61-64-67-70-73-76-79-82-85-88-91-94-97-100-103-115(120)127-106-112(118)107-129-134(123,124)130-108-113(119)109-131-135(125,126)132-111-114(133-117(122)105-102-99-96-93-90-87-84-81-78-75-72-69-66-63-58-51-48-45-42-39-36-33-30-27-24-21-18-15-12-9-6-3)110-128-116(121)104-101-98-95-92-89-86-83-80-77-74-71-68-65-62-59-56-53-50-47-44-41-38-35-32-29-26-23-20-17-14-11-8-5-2/h7-12,16-21,25-30,34-39,43-48,52,54,112-114,118-119H,4-6,13-15,22-24,31-33,40-42,49-51,53,55-111H2,1-3H3,(H,123,124)(H,125,126)/b10-7-,11-8-,12-9-,19-16-,20-17-,21-18-,28-25-,29-26-,30-27-,37-34-,38-35-,39-36-,46-43-,47-44-,48-45-,54-52-. The zero-order chi connectivity index (χ0) is 97.8. The van der Waals surface area contributed by atoms with E-state index in [1.165, 1.54) is 238 Å². The van der Waals surface area contributed by atoms with Crippen LogP contribution in [0.15, 0.2) is 194 Å². The summed E-state index contributed by atoms with van der Waals surface area (Å²) in [4.78, 5) is 59.3. The van der Waals surface area contributed by atoms with E-state index in [4.69, 9.17) is 32.3 Å². The Hall–Kier alpha value is -5.61. The molecule has 16 nitrogen and oxygen atoms in total. The molecule has 0 aliphatic carbocycles. The molecule has 0 rings (SSSR count). The second kappa shape index (κ2) is 107. The topological polar surface area (TPSA) is 231 Å². The van der Waals surface area contributed by atoms with E-state index in [1.807, 2.05) is 0 Å². The van der Waals surface area contributed by atoms with Gasteiger partial charge >= 0.3 is 33.6 Å². The normalized spacial score (nSPS) is 14.3. The van der Waals surface area contributed by atoms with Gasteiger partial charge in [0.2, 0.25) is 0 Å². The van der Waals surface area contributed by atoms with Crippen LogP contribution >= 0.6 is 15.6 Å². The molecule has 0 fully saturated rings. The van der Waals surface area contributed by atoms with Gasteiger partial charge in [-0.15, -0.1) is 0 Å². The van der Waals surface area contributed by atoms with Crippen molar-refractivity contribution in [2.45, 2.75) is 489 Å². The van der Waals surface area contributed by atoms with E-state index in [1.54, 1.807) is 0 Å². The molecule has 0 amide bonds. The molecule has 0 aromatic rings. The van der Waals surface area contributed by atoms with Crippen LogP contribution in [0, 0.1) is 0 Å². The van der Waals surface area contributed by atoms with Gasteiger partial charge in [-0.3, -0.25) is 32.5 Å². The van der Waals surface area contributed by atoms with E-state index in [-0.39, 0.29) is 19.3 Å². The van der Waals surface area contributed by atoms with Crippen molar-refractivity contribution in [3.63, 3.8) is 0 Å². The maximum atomic E-state index is 13.2. The third kappa shape index (κ3) is 109. The molecule has 135 heavy (non-hydrogen) atoms. The van der Waals surface area contributed by atoms with Gasteiger partial charge in [0.1, 0.15) is 25.4 Å². The zero-order valence-corrected chi connectivity index (χ0v) is 87.8. The Morgan fingerprint density at radius 2 is 0.370 bits per heavy atom. The van der Waals surface area contributed by atoms with E-state index in [0.717, 1.165) is 173 Å². The molecule has 5 atom stereocenters. The van der Waals surface area contributed by atoms with Gasteiger partial charge in [0, 0.05) is 19.3 Å². The largest absolute Gasteiger partial charge is 0.472 e. The van der Waals surface area contributed by atoms with E-state index < -0.39 is 91.5 Å². The number of ether oxygens (including phenoxy) is 3. The van der Waals surface area contributed by atoms with Crippen molar-refractivity contribution >= 4 is 33.6 Å². The summed E-state index contributed by atoms with van der Waals surface area (Å²) in [5.41, 5.74) is 0. The Morgan fingerprint density at radius 3 is 0.585 bits per heavy atom. The van der Waals surface area contributed by atoms with Crippen molar-refractivity contribution in [3.8, 4) is 0 Å². The van der Waals surface area contributed by atoms with Crippen LogP contribution in [0.3, 0.4) is 0 Å². The highest BCUT2D eigenvalue weighted by Gasteiger charge is 2.30. The lowest BCUT2D eigenvalue weighted by atomic mass is 10.0. The minimum atomic E-state index is -4.95. The van der Waals surface area contributed by atoms with Crippen LogP contribution in [0.4, 0.5) is 0 Å². The lowest BCUT2D eigenvalue weighted by molar-refractivity contribution is -0.161. The van der Waals surface area contributed by atoms with Crippen molar-refractivity contribution < 1.29 is 75.8 Å². The van der Waals surface area contributed by atoms with Crippen LogP contribution < -0.4 is 0 Å². The fraction of sp³-hybridized carbons (Fsp3) is 0.701. The predicted octanol–water partition coefficient (Wildman–Crippen LogP) is 35.2. The molecule has 4 N–H and O–H groups in total. The summed E-state index contributed by atoms with van der Waals surface area (Å²) in [6, 6.07) is 0. The molecule has 0 heterocycles. The minimum absolute atomic E-state index is 0.102. The zero-order valence-electron chi connectivity index (χ0n) is 86.0. The first-order chi connectivity index (χ1) is 66.2. The number of esters is 3. The van der Waals surface area contributed by atoms with Crippen molar-refractivity contribution in [3.05, 3.63) is 194 Å². The molecule has 0 radical (unpaired) electrons. The first-order valence-corrected chi connectivity index (χ1v) is 57.7. The number of carbonyl (C=O) groups is 3. The smallest absolute Gasteiger partial charge is 0.463 e. The Kier molecular flexibility index (Phi) is 103. The van der Waals surface area contributed by atoms with Gasteiger partial charge in [0.15, 0.2) is 6.10 Å². The van der Waals surface area contributed by atoms with Crippen LogP contribution in [0.5, 0.6) is 0 Å². The van der Waals surface area contributed by atoms with Gasteiger partial charge in [-0.25, -0.2) is 9.13 Å². The molecule has 0 aromatic heterocycles. The van der Waals surface area contributed by atoms with Gasteiger partial charge in [0.25, 0.3) is 0 Å². The average molecular weight is 1920 g/mol. The highest BCUT2D eigenvalue weighted by molar-refractivity contribution is 7.47. The fourth-order valence-corrected chi connectivity index (χ4v) is 16.8. The lowest BCUT2D eigenvalue weighted by Crippen LogP contribution is -2.30. The Labute approximate surface area is 827 Å². The maximum Gasteiger partial charge on any atom is 0.472 e. The fourth-order valence-electron chi connectivity index (χ4n) is 15.2. The molecule has 18 heteroatoms. The molecule has 0 saturated heterocycles. The van der Waals surface area contributed by atoms with Crippen LogP contribution in [0.25, 0.3) is 0 Å². The van der Waals surface area contributed by atoms with E-state index in [0.29, 0.717) is 19.3 Å². The van der Waals surface area contributed by atoms with Crippen LogP contribution in [-0.2, 0) is 55.8 Å². The van der Waals surface area contributed by atoms with Crippen molar-refractivity contribution in [1.29, 1.82) is 0 Å². The number of phosphoric ester groups is 2. The second-order valence-corrected chi connectivity index (χ2v) is 39.2. The number of allylic oxidation sites excluding steroid dienone is 32. The molecule has 0 bridgehead atoms. The molecular formula is C117H200O16P2. The van der Waals surface area contributed by atoms with Gasteiger partial charge in [-0.2, -0.15) is 0 Å². The number of aliphatic hydroxyl groups excluding tert-OH is 2. The number of carbonyl (C=O) groups excluding carboxylic acids is 3. The molecule has 0 aromatic carbocycles. The quantitative estimate of drug-likeness (QED) is 0.0146. The summed E-state index contributed by atoms with van der Waals surface area (Å²) in [5, 5.41) is 20.8. The molecule has 0 aliphatic rings. The van der Waals surface area contributed by atoms with E-state index in [2.05, 4.69) is 215 Å². The van der Waals surface area contributed by atoms with Gasteiger partial charge in [-0.05, 0) is 161 Å². The summed E-state index contributed by atoms with van der Waals surface area (Å²) in [6.07, 6.45) is 145. The number of rotatable bonds is 103. The summed E-state index contributed by atoms with van der Waals surface area (Å²) >= 11 is 0. The molecule has 774 valence electrons. The summed E-state index contributed by atoms with van der Waals surface area (Å²) in [7, 11) is -9.82. The highest BCUT2D eigenvalue weighted by atomic mass is 31.2. The summed E-state index contributed by atoms with van der Waals surface area (Å²) in [5.74, 6) is -1.55. The third-order valence-electron chi connectivity index (χ3n) is 23.3.